The van der Waals surface area contributed by atoms with E-state index in [1.807, 2.05) is 32.2 Å². The largest absolute Gasteiger partial charge is 0.465 e. The molecule has 38 heavy (non-hydrogen) atoms. The van der Waals surface area contributed by atoms with Crippen molar-refractivity contribution in [3.63, 3.8) is 0 Å². The number of ether oxygens (including phenoxy) is 2. The van der Waals surface area contributed by atoms with Gasteiger partial charge in [0.1, 0.15) is 11.6 Å². The van der Waals surface area contributed by atoms with Crippen molar-refractivity contribution in [2.75, 3.05) is 20.3 Å². The Balaban J connectivity index is 1.70. The van der Waals surface area contributed by atoms with E-state index in [0.717, 1.165) is 51.6 Å². The highest BCUT2D eigenvalue weighted by Gasteiger charge is 2.32. The van der Waals surface area contributed by atoms with Crippen molar-refractivity contribution >= 4 is 27.9 Å². The number of hydrogen-bond donors (Lipinski definition) is 0. The molecule has 1 atom stereocenters. The molecule has 0 radical (unpaired) electrons. The zero-order valence-electron chi connectivity index (χ0n) is 21.4. The lowest BCUT2D eigenvalue weighted by Gasteiger charge is -2.33. The number of fused-ring (bicyclic) bond motifs is 3. The summed E-state index contributed by atoms with van der Waals surface area (Å²) in [6.07, 6.45) is 6.21. The Morgan fingerprint density at radius 2 is 1.95 bits per heavy atom. The lowest BCUT2D eigenvalue weighted by Crippen LogP contribution is -2.27. The highest BCUT2D eigenvalue weighted by molar-refractivity contribution is 6.08. The SMILES string of the molecule is COC(=O)c1ccc2c3ncc(-c4c(C)noc4C)cc3n(C(c3ccncc3F)C3CCOCC3)c2c1. The Morgan fingerprint density at radius 3 is 2.66 bits per heavy atom. The van der Waals surface area contributed by atoms with E-state index < -0.39 is 5.97 Å². The number of carbonyl (C=O) groups is 1. The number of carbonyl (C=O) groups excluding carboxylic acids is 1. The number of hydrogen-bond acceptors (Lipinski definition) is 7. The zero-order chi connectivity index (χ0) is 26.4. The summed E-state index contributed by atoms with van der Waals surface area (Å²) in [6.45, 7) is 4.96. The Morgan fingerprint density at radius 1 is 1.13 bits per heavy atom. The molecular formula is C29H27FN4O4. The van der Waals surface area contributed by atoms with Gasteiger partial charge in [-0.2, -0.15) is 0 Å². The highest BCUT2D eigenvalue weighted by atomic mass is 19.1. The molecule has 5 aromatic rings. The topological polar surface area (TPSA) is 92.3 Å². The normalized spacial score (nSPS) is 15.3. The molecule has 8 nitrogen and oxygen atoms in total. The Bertz CT molecular complexity index is 1650. The standard InChI is InChI=1S/C29H27FN4O4/c1-16-26(17(2)38-33-16)20-13-25-27(32-14-20)22-5-4-19(29(35)36-3)12-24(22)34(25)28(18-7-10-37-11-8-18)21-6-9-31-15-23(21)30/h4-6,9,12-15,18,28H,7-8,10-11H2,1-3H3. The fourth-order valence-corrected chi connectivity index (χ4v) is 5.74. The van der Waals surface area contributed by atoms with Crippen LogP contribution < -0.4 is 0 Å². The van der Waals surface area contributed by atoms with E-state index >= 15 is 4.39 Å². The fraction of sp³-hybridized carbons (Fsp3) is 0.310. The van der Waals surface area contributed by atoms with Gasteiger partial charge >= 0.3 is 5.97 Å². The number of nitrogens with zero attached hydrogens (tertiary/aromatic N) is 4. The second-order valence-corrected chi connectivity index (χ2v) is 9.68. The molecule has 1 unspecified atom stereocenters. The summed E-state index contributed by atoms with van der Waals surface area (Å²) < 4.78 is 33.7. The second kappa shape index (κ2) is 9.64. The number of halogens is 1. The van der Waals surface area contributed by atoms with Gasteiger partial charge in [0.25, 0.3) is 0 Å². The Labute approximate surface area is 218 Å². The molecule has 0 N–H and O–H groups in total. The van der Waals surface area contributed by atoms with Crippen LogP contribution in [-0.4, -0.2) is 46.0 Å². The fourth-order valence-electron chi connectivity index (χ4n) is 5.74. The van der Waals surface area contributed by atoms with Crippen LogP contribution in [0, 0.1) is 25.6 Å². The van der Waals surface area contributed by atoms with Crippen LogP contribution in [0.5, 0.6) is 0 Å². The van der Waals surface area contributed by atoms with Crippen LogP contribution in [0.2, 0.25) is 0 Å². The van der Waals surface area contributed by atoms with Crippen LogP contribution in [0.1, 0.15) is 46.3 Å². The van der Waals surface area contributed by atoms with Gasteiger partial charge in [-0.15, -0.1) is 0 Å². The maximum Gasteiger partial charge on any atom is 0.337 e. The van der Waals surface area contributed by atoms with E-state index in [-0.39, 0.29) is 17.8 Å². The predicted octanol–water partition coefficient (Wildman–Crippen LogP) is 5.80. The molecule has 1 aliphatic heterocycles. The van der Waals surface area contributed by atoms with Crippen molar-refractivity contribution in [3.8, 4) is 11.1 Å². The number of methoxy groups -OCH3 is 1. The molecule has 0 aliphatic carbocycles. The molecule has 0 amide bonds. The first kappa shape index (κ1) is 24.2. The van der Waals surface area contributed by atoms with Gasteiger partial charge in [0.05, 0.1) is 47.2 Å². The summed E-state index contributed by atoms with van der Waals surface area (Å²) in [5, 5.41) is 4.98. The lowest BCUT2D eigenvalue weighted by molar-refractivity contribution is 0.0548. The summed E-state index contributed by atoms with van der Waals surface area (Å²) in [5.41, 5.74) is 5.81. The molecule has 1 saturated heterocycles. The van der Waals surface area contributed by atoms with E-state index in [1.54, 1.807) is 18.3 Å². The molecule has 9 heteroatoms. The smallest absolute Gasteiger partial charge is 0.337 e. The number of aryl methyl sites for hydroxylation is 2. The molecule has 1 fully saturated rings. The van der Waals surface area contributed by atoms with Gasteiger partial charge in [-0.3, -0.25) is 9.97 Å². The van der Waals surface area contributed by atoms with E-state index in [0.29, 0.717) is 30.1 Å². The molecule has 0 bridgehead atoms. The average Bonchev–Trinajstić information content (AvgIpc) is 3.45. The van der Waals surface area contributed by atoms with E-state index in [9.17, 15) is 4.79 Å². The first-order valence-corrected chi connectivity index (χ1v) is 12.6. The zero-order valence-corrected chi connectivity index (χ0v) is 21.4. The summed E-state index contributed by atoms with van der Waals surface area (Å²) in [6, 6.07) is 8.84. The van der Waals surface area contributed by atoms with Crippen LogP contribution in [-0.2, 0) is 9.47 Å². The number of aromatic nitrogens is 4. The average molecular weight is 515 g/mol. The summed E-state index contributed by atoms with van der Waals surface area (Å²) in [7, 11) is 1.36. The molecular weight excluding hydrogens is 487 g/mol. The minimum Gasteiger partial charge on any atom is -0.465 e. The Hall–Kier alpha value is -4.11. The minimum absolute atomic E-state index is 0.0870. The molecule has 194 valence electrons. The van der Waals surface area contributed by atoms with Crippen molar-refractivity contribution in [2.24, 2.45) is 5.92 Å². The van der Waals surface area contributed by atoms with Gasteiger partial charge in [0.2, 0.25) is 0 Å². The Kier molecular flexibility index (Phi) is 6.15. The van der Waals surface area contributed by atoms with Gasteiger partial charge in [-0.05, 0) is 62.9 Å². The van der Waals surface area contributed by atoms with Crippen molar-refractivity contribution < 1.29 is 23.2 Å². The first-order valence-electron chi connectivity index (χ1n) is 12.6. The van der Waals surface area contributed by atoms with E-state index in [1.165, 1.54) is 13.3 Å². The lowest BCUT2D eigenvalue weighted by atomic mass is 9.86. The number of benzene rings is 1. The molecule has 5 heterocycles. The molecule has 6 rings (SSSR count). The van der Waals surface area contributed by atoms with Crippen LogP contribution in [0.4, 0.5) is 4.39 Å². The maximum absolute atomic E-state index is 15.4. The number of pyridine rings is 2. The van der Waals surface area contributed by atoms with Crippen molar-refractivity contribution in [1.29, 1.82) is 0 Å². The third-order valence-corrected chi connectivity index (χ3v) is 7.50. The highest BCUT2D eigenvalue weighted by Crippen LogP contribution is 2.42. The molecule has 1 aromatic carbocycles. The molecule has 4 aromatic heterocycles. The number of esters is 1. The molecule has 1 aliphatic rings. The molecule has 0 saturated carbocycles. The van der Waals surface area contributed by atoms with E-state index in [2.05, 4.69) is 20.8 Å². The third-order valence-electron chi connectivity index (χ3n) is 7.50. The van der Waals surface area contributed by atoms with Crippen LogP contribution in [0.15, 0.2) is 53.4 Å². The first-order chi connectivity index (χ1) is 18.5. The summed E-state index contributed by atoms with van der Waals surface area (Å²) >= 11 is 0. The van der Waals surface area contributed by atoms with Crippen molar-refractivity contribution in [3.05, 3.63) is 77.3 Å². The van der Waals surface area contributed by atoms with Crippen molar-refractivity contribution in [2.45, 2.75) is 32.7 Å². The summed E-state index contributed by atoms with van der Waals surface area (Å²) in [5.74, 6) is -0.0341. The van der Waals surface area contributed by atoms with Crippen LogP contribution >= 0.6 is 0 Å². The monoisotopic (exact) mass is 514 g/mol. The second-order valence-electron chi connectivity index (χ2n) is 9.68. The van der Waals surface area contributed by atoms with Gasteiger partial charge in [-0.25, -0.2) is 9.18 Å². The quantitative estimate of drug-likeness (QED) is 0.274. The minimum atomic E-state index is -0.439. The molecule has 0 spiro atoms. The maximum atomic E-state index is 15.4. The van der Waals surface area contributed by atoms with Crippen LogP contribution in [0.3, 0.4) is 0 Å². The van der Waals surface area contributed by atoms with Gasteiger partial charge in [0, 0.05) is 47.7 Å². The third kappa shape index (κ3) is 3.94. The van der Waals surface area contributed by atoms with E-state index in [4.69, 9.17) is 19.0 Å². The van der Waals surface area contributed by atoms with Crippen molar-refractivity contribution in [1.82, 2.24) is 19.7 Å². The van der Waals surface area contributed by atoms with Crippen LogP contribution in [0.25, 0.3) is 33.1 Å². The number of rotatable bonds is 5. The predicted molar refractivity (Wildman–Crippen MR) is 139 cm³/mol. The summed E-state index contributed by atoms with van der Waals surface area (Å²) in [4.78, 5) is 21.4. The van der Waals surface area contributed by atoms with Gasteiger partial charge in [0.15, 0.2) is 0 Å². The van der Waals surface area contributed by atoms with Gasteiger partial charge < -0.3 is 18.6 Å². The van der Waals surface area contributed by atoms with Gasteiger partial charge in [-0.1, -0.05) is 5.16 Å².